The normalized spacial score (nSPS) is 15.1. The van der Waals surface area contributed by atoms with Gasteiger partial charge in [-0.1, -0.05) is 27.3 Å². The number of phenols is 1. The Morgan fingerprint density at radius 2 is 1.79 bits per heavy atom. The van der Waals surface area contributed by atoms with Crippen LogP contribution >= 0.6 is 43.2 Å². The molecule has 2 aromatic carbocycles. The highest BCUT2D eigenvalue weighted by molar-refractivity contribution is 9.10. The lowest BCUT2D eigenvalue weighted by Crippen LogP contribution is -2.40. The highest BCUT2D eigenvalue weighted by Gasteiger charge is 2.35. The van der Waals surface area contributed by atoms with Crippen LogP contribution in [0.4, 0.5) is 0 Å². The fourth-order valence-electron chi connectivity index (χ4n) is 4.26. The molecule has 1 atom stereocenters. The van der Waals surface area contributed by atoms with Crippen LogP contribution in [-0.4, -0.2) is 43.1 Å². The second-order valence-electron chi connectivity index (χ2n) is 8.31. The molecule has 12 heteroatoms. The molecule has 1 aliphatic heterocycles. The lowest BCUT2D eigenvalue weighted by molar-refractivity contribution is -0.139. The van der Waals surface area contributed by atoms with Crippen LogP contribution in [0, 0.1) is 0 Å². The Hall–Kier alpha value is -3.09. The topological polar surface area (TPSA) is 109 Å². The summed E-state index contributed by atoms with van der Waals surface area (Å²) in [4.78, 5) is 32.2. The lowest BCUT2D eigenvalue weighted by Gasteiger charge is -2.26. The number of fused-ring (bicyclic) bond motifs is 1. The van der Waals surface area contributed by atoms with E-state index in [1.807, 2.05) is 6.92 Å². The molecule has 1 aromatic heterocycles. The van der Waals surface area contributed by atoms with Crippen LogP contribution in [0.3, 0.4) is 0 Å². The summed E-state index contributed by atoms with van der Waals surface area (Å²) in [6.07, 6.45) is 1.69. The van der Waals surface area contributed by atoms with Crippen molar-refractivity contribution in [2.45, 2.75) is 26.8 Å². The Morgan fingerprint density at radius 3 is 2.44 bits per heavy atom. The summed E-state index contributed by atoms with van der Waals surface area (Å²) in [5, 5.41) is 10.2. The average Bonchev–Trinajstić information content (AvgIpc) is 3.20. The number of carbonyl (C=O) groups is 1. The summed E-state index contributed by atoms with van der Waals surface area (Å²) < 4.78 is 24.8. The predicted molar refractivity (Wildman–Crippen MR) is 155 cm³/mol. The third kappa shape index (κ3) is 5.50. The maximum Gasteiger partial charge on any atom is 0.338 e. The summed E-state index contributed by atoms with van der Waals surface area (Å²) in [5.74, 6) is 0.626. The van der Waals surface area contributed by atoms with Crippen LogP contribution in [0.5, 0.6) is 23.0 Å². The van der Waals surface area contributed by atoms with Gasteiger partial charge in [0.2, 0.25) is 0 Å². The van der Waals surface area contributed by atoms with Gasteiger partial charge in [0.05, 0.1) is 53.8 Å². The van der Waals surface area contributed by atoms with E-state index in [4.69, 9.17) is 18.9 Å². The van der Waals surface area contributed by atoms with Crippen LogP contribution in [0.15, 0.2) is 54.3 Å². The van der Waals surface area contributed by atoms with Gasteiger partial charge < -0.3 is 24.1 Å². The molecule has 0 radical (unpaired) electrons. The molecule has 0 unspecified atom stereocenters. The number of nitrogens with zero attached hydrogens (tertiary/aromatic N) is 2. The van der Waals surface area contributed by atoms with Gasteiger partial charge in [-0.3, -0.25) is 9.36 Å². The Morgan fingerprint density at radius 1 is 1.08 bits per heavy atom. The number of benzene rings is 2. The van der Waals surface area contributed by atoms with Crippen LogP contribution < -0.4 is 29.1 Å². The minimum absolute atomic E-state index is 0.0416. The SMILES string of the molecule is CCOC(=O)C1=C(C)N=c2s/c(=C/c3cc(Br)c(O)c(OC)c3)c(=O)n2[C@@H]1c1cc(OC)c(OCC)cc1Br. The van der Waals surface area contributed by atoms with Gasteiger partial charge in [-0.25, -0.2) is 9.79 Å². The van der Waals surface area contributed by atoms with Crippen LogP contribution in [0.25, 0.3) is 6.08 Å². The number of esters is 1. The number of hydrogen-bond acceptors (Lipinski definition) is 9. The van der Waals surface area contributed by atoms with E-state index in [0.29, 0.717) is 53.2 Å². The van der Waals surface area contributed by atoms with Crippen molar-refractivity contribution in [2.75, 3.05) is 27.4 Å². The van der Waals surface area contributed by atoms with E-state index in [1.165, 1.54) is 30.1 Å². The monoisotopic (exact) mass is 680 g/mol. The van der Waals surface area contributed by atoms with E-state index < -0.39 is 12.0 Å². The highest BCUT2D eigenvalue weighted by Crippen LogP contribution is 2.41. The Kier molecular flexibility index (Phi) is 8.87. The third-order valence-electron chi connectivity index (χ3n) is 5.96. The average molecular weight is 682 g/mol. The number of rotatable bonds is 8. The van der Waals surface area contributed by atoms with Crippen molar-refractivity contribution >= 4 is 55.2 Å². The third-order valence-corrected chi connectivity index (χ3v) is 8.24. The Bertz CT molecular complexity index is 1660. The van der Waals surface area contributed by atoms with Crippen molar-refractivity contribution in [1.82, 2.24) is 4.57 Å². The largest absolute Gasteiger partial charge is 0.503 e. The second kappa shape index (κ2) is 12.0. The number of methoxy groups -OCH3 is 2. The first kappa shape index (κ1) is 28.9. The van der Waals surface area contributed by atoms with Gasteiger partial charge in [-0.05, 0) is 78.2 Å². The fourth-order valence-corrected chi connectivity index (χ4v) is 6.30. The van der Waals surface area contributed by atoms with E-state index in [-0.39, 0.29) is 29.2 Å². The van der Waals surface area contributed by atoms with E-state index in [0.717, 1.165) is 0 Å². The number of carbonyl (C=O) groups excluding carboxylic acids is 1. The molecule has 0 fully saturated rings. The number of aromatic hydroxyl groups is 1. The van der Waals surface area contributed by atoms with Gasteiger partial charge in [-0.2, -0.15) is 0 Å². The summed E-state index contributed by atoms with van der Waals surface area (Å²) in [6.45, 7) is 5.91. The number of thiazole rings is 1. The molecule has 0 saturated carbocycles. The molecule has 0 spiro atoms. The van der Waals surface area contributed by atoms with Gasteiger partial charge in [-0.15, -0.1) is 0 Å². The summed E-state index contributed by atoms with van der Waals surface area (Å²) in [6, 6.07) is 5.96. The standard InChI is InChI=1S/C27H26Br2N2O7S/c1-6-37-19-12-16(28)15(11-18(19)35-4)23-22(26(34)38-7-2)13(3)30-27-31(23)25(33)21(39-27)10-14-8-17(29)24(32)20(9-14)36-5/h8-12,23,32H,6-7H2,1-5H3/b21-10+/t23-/m1/s1. The quantitative estimate of drug-likeness (QED) is 0.350. The molecule has 0 amide bonds. The van der Waals surface area contributed by atoms with Crippen molar-refractivity contribution in [2.24, 2.45) is 4.99 Å². The van der Waals surface area contributed by atoms with Crippen molar-refractivity contribution in [3.8, 4) is 23.0 Å². The molecule has 0 bridgehead atoms. The second-order valence-corrected chi connectivity index (χ2v) is 11.0. The molecule has 1 N–H and O–H groups in total. The van der Waals surface area contributed by atoms with E-state index in [2.05, 4.69) is 36.9 Å². The first-order chi connectivity index (χ1) is 18.6. The van der Waals surface area contributed by atoms with Gasteiger partial charge in [0.1, 0.15) is 0 Å². The molecule has 4 rings (SSSR count). The molecule has 9 nitrogen and oxygen atoms in total. The Balaban J connectivity index is 2.00. The van der Waals surface area contributed by atoms with Crippen LogP contribution in [-0.2, 0) is 9.53 Å². The number of allylic oxidation sites excluding steroid dienone is 1. The summed E-state index contributed by atoms with van der Waals surface area (Å²) in [7, 11) is 2.97. The van der Waals surface area contributed by atoms with Gasteiger partial charge >= 0.3 is 5.97 Å². The number of hydrogen-bond donors (Lipinski definition) is 1. The number of ether oxygens (including phenoxy) is 4. The van der Waals surface area contributed by atoms with Gasteiger partial charge in [0.25, 0.3) is 5.56 Å². The van der Waals surface area contributed by atoms with Crippen LogP contribution in [0.2, 0.25) is 0 Å². The number of halogens is 2. The lowest BCUT2D eigenvalue weighted by atomic mass is 9.95. The molecule has 3 aromatic rings. The minimum atomic E-state index is -0.845. The smallest absolute Gasteiger partial charge is 0.338 e. The maximum atomic E-state index is 13.9. The van der Waals surface area contributed by atoms with E-state index in [9.17, 15) is 14.7 Å². The zero-order valence-corrected chi connectivity index (χ0v) is 25.8. The van der Waals surface area contributed by atoms with Crippen molar-refractivity contribution in [3.05, 3.63) is 75.3 Å². The molecular weight excluding hydrogens is 656 g/mol. The number of phenolic OH excluding ortho intramolecular Hbond substituents is 1. The Labute approximate surface area is 245 Å². The van der Waals surface area contributed by atoms with Gasteiger partial charge in [0, 0.05) is 4.47 Å². The molecule has 206 valence electrons. The van der Waals surface area contributed by atoms with Gasteiger partial charge in [0.15, 0.2) is 27.8 Å². The first-order valence-electron chi connectivity index (χ1n) is 11.9. The van der Waals surface area contributed by atoms with Crippen molar-refractivity contribution in [3.63, 3.8) is 0 Å². The summed E-state index contributed by atoms with van der Waals surface area (Å²) >= 11 is 8.12. The zero-order chi connectivity index (χ0) is 28.4. The molecule has 39 heavy (non-hydrogen) atoms. The maximum absolute atomic E-state index is 13.9. The van der Waals surface area contributed by atoms with Crippen molar-refractivity contribution in [1.29, 1.82) is 0 Å². The minimum Gasteiger partial charge on any atom is -0.503 e. The summed E-state index contributed by atoms with van der Waals surface area (Å²) in [5.41, 5.74) is 1.58. The van der Waals surface area contributed by atoms with Crippen LogP contribution in [0.1, 0.15) is 37.9 Å². The molecule has 0 saturated heterocycles. The molecule has 2 heterocycles. The molecular formula is C27H26Br2N2O7S. The predicted octanol–water partition coefficient (Wildman–Crippen LogP) is 4.44. The zero-order valence-electron chi connectivity index (χ0n) is 21.8. The fraction of sp³-hybridized carbons (Fsp3) is 0.296. The molecule has 1 aliphatic rings. The van der Waals surface area contributed by atoms with Crippen molar-refractivity contribution < 1.29 is 28.8 Å². The van der Waals surface area contributed by atoms with E-state index in [1.54, 1.807) is 44.2 Å². The number of aromatic nitrogens is 1. The first-order valence-corrected chi connectivity index (χ1v) is 14.3. The van der Waals surface area contributed by atoms with E-state index >= 15 is 0 Å². The molecule has 0 aliphatic carbocycles. The highest BCUT2D eigenvalue weighted by atomic mass is 79.9.